The Morgan fingerprint density at radius 3 is 2.49 bits per heavy atom. The number of pyridine rings is 1. The number of ketones is 1. The van der Waals surface area contributed by atoms with Crippen molar-refractivity contribution in [3.63, 3.8) is 0 Å². The first-order valence-corrected chi connectivity index (χ1v) is 16.9. The van der Waals surface area contributed by atoms with Gasteiger partial charge < -0.3 is 14.6 Å². The molecule has 5 aromatic rings. The minimum atomic E-state index is -1.04. The van der Waals surface area contributed by atoms with E-state index in [0.29, 0.717) is 56.0 Å². The molecule has 1 aliphatic rings. The maximum Gasteiger partial charge on any atom is 0.301 e. The quantitative estimate of drug-likeness (QED) is 0.0478. The molecule has 0 saturated carbocycles. The number of aliphatic hydroxyl groups excluding tert-OH is 1. The van der Waals surface area contributed by atoms with Gasteiger partial charge in [0.1, 0.15) is 12.4 Å². The van der Waals surface area contributed by atoms with Crippen molar-refractivity contribution in [3.05, 3.63) is 129 Å². The molecule has 1 fully saturated rings. The zero-order valence-electron chi connectivity index (χ0n) is 24.8. The standard InChI is InChI=1S/C34H26Cl2N4O5S2/c1-2-44-27-16-22(9-11-26(27)45-18-20-6-4-3-5-7-20)29-28(30(41)21-12-14-37-15-13-21)31(42)32(43)40(29)33-38-39-34(47-33)46-19-23-8-10-24(35)17-25(23)36/h3-17,29,41H,2,18-19H2,1H3/b30-28+. The molecule has 1 saturated heterocycles. The summed E-state index contributed by atoms with van der Waals surface area (Å²) in [5.74, 6) is -0.649. The number of amides is 1. The maximum absolute atomic E-state index is 13.7. The Balaban J connectivity index is 1.38. The molecule has 0 bridgehead atoms. The van der Waals surface area contributed by atoms with Crippen LogP contribution in [0.3, 0.4) is 0 Å². The maximum atomic E-state index is 13.7. The van der Waals surface area contributed by atoms with Gasteiger partial charge in [0.2, 0.25) is 5.13 Å². The van der Waals surface area contributed by atoms with Gasteiger partial charge in [-0.15, -0.1) is 10.2 Å². The number of hydrogen-bond donors (Lipinski definition) is 1. The van der Waals surface area contributed by atoms with Gasteiger partial charge in [0.25, 0.3) is 5.78 Å². The summed E-state index contributed by atoms with van der Waals surface area (Å²) in [5, 5.41) is 21.3. The van der Waals surface area contributed by atoms with Gasteiger partial charge in [0, 0.05) is 33.8 Å². The number of ether oxygens (including phenoxy) is 2. The van der Waals surface area contributed by atoms with Crippen molar-refractivity contribution in [2.24, 2.45) is 0 Å². The predicted molar refractivity (Wildman–Crippen MR) is 183 cm³/mol. The number of rotatable bonds is 11. The SMILES string of the molecule is CCOc1cc(C2/C(=C(\O)c3ccncc3)C(=O)C(=O)N2c2nnc(SCc3ccc(Cl)cc3Cl)s2)ccc1OCc1ccccc1. The minimum Gasteiger partial charge on any atom is -0.507 e. The van der Waals surface area contributed by atoms with E-state index >= 15 is 0 Å². The molecule has 13 heteroatoms. The average Bonchev–Trinajstić information content (AvgIpc) is 3.66. The van der Waals surface area contributed by atoms with Crippen LogP contribution in [0.2, 0.25) is 10.0 Å². The third-order valence-electron chi connectivity index (χ3n) is 7.19. The summed E-state index contributed by atoms with van der Waals surface area (Å²) in [5.41, 5.74) is 2.58. The lowest BCUT2D eigenvalue weighted by Crippen LogP contribution is -2.29. The third kappa shape index (κ3) is 7.13. The van der Waals surface area contributed by atoms with Gasteiger partial charge in [0.15, 0.2) is 15.8 Å². The lowest BCUT2D eigenvalue weighted by molar-refractivity contribution is -0.132. The number of hydrogen-bond acceptors (Lipinski definition) is 10. The zero-order chi connectivity index (χ0) is 32.9. The molecule has 9 nitrogen and oxygen atoms in total. The Morgan fingerprint density at radius 1 is 0.957 bits per heavy atom. The summed E-state index contributed by atoms with van der Waals surface area (Å²) in [7, 11) is 0. The summed E-state index contributed by atoms with van der Waals surface area (Å²) in [4.78, 5) is 32.6. The molecule has 47 heavy (non-hydrogen) atoms. The molecule has 3 aromatic carbocycles. The normalized spacial score (nSPS) is 15.6. The van der Waals surface area contributed by atoms with Gasteiger partial charge in [-0.25, -0.2) is 0 Å². The van der Waals surface area contributed by atoms with Crippen LogP contribution in [-0.2, 0) is 21.9 Å². The minimum absolute atomic E-state index is 0.0982. The molecular weight excluding hydrogens is 679 g/mol. The second kappa shape index (κ2) is 14.6. The Labute approximate surface area is 288 Å². The van der Waals surface area contributed by atoms with Crippen molar-refractivity contribution >= 4 is 68.9 Å². The largest absolute Gasteiger partial charge is 0.507 e. The smallest absolute Gasteiger partial charge is 0.301 e. The molecule has 3 heterocycles. The van der Waals surface area contributed by atoms with Gasteiger partial charge in [0.05, 0.1) is 18.2 Å². The molecule has 1 unspecified atom stereocenters. The molecule has 1 atom stereocenters. The van der Waals surface area contributed by atoms with Crippen molar-refractivity contribution in [2.75, 3.05) is 11.5 Å². The van der Waals surface area contributed by atoms with E-state index in [1.54, 1.807) is 42.5 Å². The molecule has 238 valence electrons. The Bertz CT molecular complexity index is 1960. The second-order valence-corrected chi connectivity index (χ2v) is 13.2. The van der Waals surface area contributed by atoms with Crippen molar-refractivity contribution in [2.45, 2.75) is 29.7 Å². The highest BCUT2D eigenvalue weighted by Crippen LogP contribution is 2.46. The van der Waals surface area contributed by atoms with Crippen LogP contribution in [0.25, 0.3) is 5.76 Å². The summed E-state index contributed by atoms with van der Waals surface area (Å²) in [6.07, 6.45) is 2.99. The van der Waals surface area contributed by atoms with E-state index in [9.17, 15) is 14.7 Å². The molecule has 0 aliphatic carbocycles. The highest BCUT2D eigenvalue weighted by atomic mass is 35.5. The Morgan fingerprint density at radius 2 is 1.74 bits per heavy atom. The summed E-state index contributed by atoms with van der Waals surface area (Å²) in [6.45, 7) is 2.50. The molecule has 1 amide bonds. The number of carbonyl (C=O) groups is 2. The molecule has 1 N–H and O–H groups in total. The van der Waals surface area contributed by atoms with Crippen LogP contribution in [0, 0.1) is 0 Å². The van der Waals surface area contributed by atoms with E-state index in [1.807, 2.05) is 43.3 Å². The molecule has 6 rings (SSSR count). The number of aromatic nitrogens is 3. The van der Waals surface area contributed by atoms with Gasteiger partial charge in [-0.2, -0.15) is 0 Å². The monoisotopic (exact) mass is 704 g/mol. The number of thioether (sulfide) groups is 1. The Hall–Kier alpha value is -4.42. The van der Waals surface area contributed by atoms with Crippen molar-refractivity contribution in [1.82, 2.24) is 15.2 Å². The first kappa shape index (κ1) is 32.5. The van der Waals surface area contributed by atoms with Crippen molar-refractivity contribution in [1.29, 1.82) is 0 Å². The number of halogens is 2. The second-order valence-electron chi connectivity index (χ2n) is 10.2. The first-order valence-electron chi connectivity index (χ1n) is 14.4. The number of carbonyl (C=O) groups excluding carboxylic acids is 2. The molecule has 1 aliphatic heterocycles. The fourth-order valence-electron chi connectivity index (χ4n) is 4.96. The van der Waals surface area contributed by atoms with Crippen LogP contribution in [0.4, 0.5) is 5.13 Å². The molecule has 2 aromatic heterocycles. The lowest BCUT2D eigenvalue weighted by atomic mass is 9.95. The van der Waals surface area contributed by atoms with Gasteiger partial charge in [-0.05, 0) is 60.0 Å². The molecular formula is C34H26Cl2N4O5S2. The van der Waals surface area contributed by atoms with E-state index in [2.05, 4.69) is 15.2 Å². The summed E-state index contributed by atoms with van der Waals surface area (Å²) >= 11 is 14.9. The van der Waals surface area contributed by atoms with Crippen molar-refractivity contribution < 1.29 is 24.2 Å². The summed E-state index contributed by atoms with van der Waals surface area (Å²) in [6, 6.07) is 22.2. The van der Waals surface area contributed by atoms with Crippen molar-refractivity contribution in [3.8, 4) is 11.5 Å². The number of anilines is 1. The predicted octanol–water partition coefficient (Wildman–Crippen LogP) is 8.14. The fourth-order valence-corrected chi connectivity index (χ4v) is 7.39. The van der Waals surface area contributed by atoms with E-state index in [4.69, 9.17) is 32.7 Å². The number of Topliss-reactive ketones (excluding diaryl/α,β-unsaturated/α-hetero) is 1. The topological polar surface area (TPSA) is 115 Å². The lowest BCUT2D eigenvalue weighted by Gasteiger charge is -2.23. The first-order chi connectivity index (χ1) is 22.8. The Kier molecular flexibility index (Phi) is 10.1. The van der Waals surface area contributed by atoms with Gasteiger partial charge in [-0.3, -0.25) is 19.5 Å². The molecule has 0 spiro atoms. The third-order valence-corrected chi connectivity index (χ3v) is 9.88. The van der Waals surface area contributed by atoms with Crippen LogP contribution >= 0.6 is 46.3 Å². The zero-order valence-corrected chi connectivity index (χ0v) is 27.9. The number of aliphatic hydroxyl groups is 1. The van der Waals surface area contributed by atoms with Crippen LogP contribution in [0.15, 0.2) is 101 Å². The van der Waals surface area contributed by atoms with Crippen LogP contribution < -0.4 is 14.4 Å². The van der Waals surface area contributed by atoms with E-state index < -0.39 is 17.7 Å². The molecule has 0 radical (unpaired) electrons. The van der Waals surface area contributed by atoms with Crippen LogP contribution in [-0.4, -0.2) is 38.6 Å². The number of benzene rings is 3. The van der Waals surface area contributed by atoms with E-state index in [0.717, 1.165) is 22.5 Å². The fraction of sp³-hybridized carbons (Fsp3) is 0.147. The van der Waals surface area contributed by atoms with E-state index in [-0.39, 0.29) is 16.5 Å². The van der Waals surface area contributed by atoms with Gasteiger partial charge >= 0.3 is 5.91 Å². The van der Waals surface area contributed by atoms with Gasteiger partial charge in [-0.1, -0.05) is 88.8 Å². The van der Waals surface area contributed by atoms with Crippen LogP contribution in [0.1, 0.15) is 35.2 Å². The average molecular weight is 706 g/mol. The highest BCUT2D eigenvalue weighted by Gasteiger charge is 2.48. The number of nitrogens with zero attached hydrogens (tertiary/aromatic N) is 4. The van der Waals surface area contributed by atoms with E-state index in [1.165, 1.54) is 29.1 Å². The van der Waals surface area contributed by atoms with Crippen LogP contribution in [0.5, 0.6) is 11.5 Å². The summed E-state index contributed by atoms with van der Waals surface area (Å²) < 4.78 is 12.6. The highest BCUT2D eigenvalue weighted by molar-refractivity contribution is 8.00.